The van der Waals surface area contributed by atoms with Gasteiger partial charge in [0.25, 0.3) is 5.91 Å². The van der Waals surface area contributed by atoms with Crippen molar-refractivity contribution in [3.8, 4) is 0 Å². The van der Waals surface area contributed by atoms with Gasteiger partial charge in [-0.2, -0.15) is 0 Å². The van der Waals surface area contributed by atoms with E-state index in [1.807, 2.05) is 0 Å². The molecule has 0 aromatic heterocycles. The largest absolute Gasteiger partial charge is 0.339 e. The lowest BCUT2D eigenvalue weighted by atomic mass is 9.64. The average Bonchev–Trinajstić information content (AvgIpc) is 2.69. The monoisotopic (exact) mass is 372 g/mol. The van der Waals surface area contributed by atoms with Crippen LogP contribution in [0, 0.1) is 11.3 Å². The van der Waals surface area contributed by atoms with Crippen LogP contribution in [0.3, 0.4) is 0 Å². The van der Waals surface area contributed by atoms with Gasteiger partial charge in [-0.3, -0.25) is 14.5 Å². The second-order valence-electron chi connectivity index (χ2n) is 8.39. The molecule has 2 N–H and O–H groups in total. The third-order valence-corrected chi connectivity index (χ3v) is 5.39. The van der Waals surface area contributed by atoms with E-state index in [1.165, 1.54) is 0 Å². The van der Waals surface area contributed by atoms with Gasteiger partial charge in [0.1, 0.15) is 12.1 Å². The lowest BCUT2D eigenvalue weighted by Gasteiger charge is -2.43. The normalized spacial score (nSPS) is 31.7. The summed E-state index contributed by atoms with van der Waals surface area (Å²) in [5.74, 6) is -0.0161. The first-order valence-electron chi connectivity index (χ1n) is 8.85. The Hall–Kier alpha value is -1.34. The number of rotatable bonds is 2. The number of carbonyl (C=O) groups is 3. The molecule has 2 saturated heterocycles. The fourth-order valence-corrected chi connectivity index (χ4v) is 4.80. The molecule has 2 unspecified atom stereocenters. The summed E-state index contributed by atoms with van der Waals surface area (Å²) in [5.41, 5.74) is -0.832. The molecule has 1 aliphatic carbocycles. The van der Waals surface area contributed by atoms with E-state index < -0.39 is 11.6 Å². The number of halogens is 1. The fraction of sp³-hybridized carbons (Fsp3) is 0.824. The Labute approximate surface area is 155 Å². The van der Waals surface area contributed by atoms with Crippen LogP contribution in [0.15, 0.2) is 0 Å². The highest BCUT2D eigenvalue weighted by Crippen LogP contribution is 2.46. The molecule has 2 atom stereocenters. The number of hydrogen-bond donors (Lipinski definition) is 2. The molecule has 3 rings (SSSR count). The number of hydrogen-bond acceptors (Lipinski definition) is 4. The fourth-order valence-electron chi connectivity index (χ4n) is 4.80. The topological polar surface area (TPSA) is 81.8 Å². The Kier molecular flexibility index (Phi) is 5.68. The summed E-state index contributed by atoms with van der Waals surface area (Å²) in [4.78, 5) is 40.7. The van der Waals surface area contributed by atoms with Gasteiger partial charge in [0, 0.05) is 26.2 Å². The Morgan fingerprint density at radius 3 is 2.44 bits per heavy atom. The van der Waals surface area contributed by atoms with Crippen molar-refractivity contribution in [2.24, 2.45) is 11.3 Å². The Morgan fingerprint density at radius 2 is 1.84 bits per heavy atom. The molecule has 3 fully saturated rings. The molecule has 1 saturated carbocycles. The van der Waals surface area contributed by atoms with Crippen molar-refractivity contribution in [3.63, 3.8) is 0 Å². The molecule has 0 aromatic rings. The summed E-state index contributed by atoms with van der Waals surface area (Å²) >= 11 is 0. The number of nitrogens with one attached hydrogen (secondary N) is 2. The highest BCUT2D eigenvalue weighted by Gasteiger charge is 2.56. The van der Waals surface area contributed by atoms with Gasteiger partial charge in [0.05, 0.1) is 0 Å². The molecule has 142 valence electrons. The van der Waals surface area contributed by atoms with Gasteiger partial charge in [0.2, 0.25) is 5.91 Å². The van der Waals surface area contributed by atoms with Crippen molar-refractivity contribution in [1.29, 1.82) is 0 Å². The van der Waals surface area contributed by atoms with E-state index in [9.17, 15) is 14.4 Å². The standard InChI is InChI=1S/C17H28N4O3.ClH/c1-12-8-16(2,3)11-17(9-12)14(23)21(15(24)19-17)10-13(22)20-6-4-18-5-7-20;/h12,18H,4-11H2,1-3H3,(H,19,24);1H. The minimum absolute atomic E-state index is 0. The van der Waals surface area contributed by atoms with E-state index >= 15 is 0 Å². The van der Waals surface area contributed by atoms with Crippen LogP contribution in [0.2, 0.25) is 0 Å². The van der Waals surface area contributed by atoms with Crippen LogP contribution in [0.4, 0.5) is 4.79 Å². The summed E-state index contributed by atoms with van der Waals surface area (Å²) < 4.78 is 0. The number of urea groups is 1. The van der Waals surface area contributed by atoms with Gasteiger partial charge in [-0.05, 0) is 30.6 Å². The lowest BCUT2D eigenvalue weighted by molar-refractivity contribution is -0.141. The molecule has 1 spiro atoms. The first-order chi connectivity index (χ1) is 11.2. The summed E-state index contributed by atoms with van der Waals surface area (Å²) in [6.45, 7) is 8.99. The van der Waals surface area contributed by atoms with E-state index in [0.717, 1.165) is 24.4 Å². The van der Waals surface area contributed by atoms with Crippen LogP contribution in [-0.2, 0) is 9.59 Å². The van der Waals surface area contributed by atoms with Gasteiger partial charge in [0.15, 0.2) is 0 Å². The van der Waals surface area contributed by atoms with Crippen molar-refractivity contribution in [2.45, 2.75) is 45.6 Å². The molecular weight excluding hydrogens is 344 g/mol. The molecule has 8 heteroatoms. The molecule has 0 aromatic carbocycles. The van der Waals surface area contributed by atoms with E-state index in [4.69, 9.17) is 0 Å². The number of carbonyl (C=O) groups excluding carboxylic acids is 3. The van der Waals surface area contributed by atoms with Crippen LogP contribution in [0.1, 0.15) is 40.0 Å². The molecule has 2 aliphatic heterocycles. The first kappa shape index (κ1) is 20.0. The van der Waals surface area contributed by atoms with Crippen molar-refractivity contribution < 1.29 is 14.4 Å². The number of imide groups is 1. The zero-order valence-electron chi connectivity index (χ0n) is 15.3. The van der Waals surface area contributed by atoms with Crippen molar-refractivity contribution in [1.82, 2.24) is 20.4 Å². The van der Waals surface area contributed by atoms with Crippen LogP contribution in [0.5, 0.6) is 0 Å². The maximum Gasteiger partial charge on any atom is 0.325 e. The zero-order chi connectivity index (χ0) is 17.5. The molecule has 0 radical (unpaired) electrons. The van der Waals surface area contributed by atoms with Gasteiger partial charge >= 0.3 is 6.03 Å². The van der Waals surface area contributed by atoms with Gasteiger partial charge < -0.3 is 15.5 Å². The number of amides is 4. The minimum atomic E-state index is -0.831. The third-order valence-electron chi connectivity index (χ3n) is 5.39. The highest BCUT2D eigenvalue weighted by molar-refractivity contribution is 6.09. The molecule has 0 bridgehead atoms. The number of piperazine rings is 1. The molecular formula is C17H29ClN4O3. The Bertz CT molecular complexity index is 562. The smallest absolute Gasteiger partial charge is 0.325 e. The van der Waals surface area contributed by atoms with E-state index in [0.29, 0.717) is 31.8 Å². The van der Waals surface area contributed by atoms with Crippen LogP contribution < -0.4 is 10.6 Å². The van der Waals surface area contributed by atoms with E-state index in [-0.39, 0.29) is 36.2 Å². The molecule has 7 nitrogen and oxygen atoms in total. The summed E-state index contributed by atoms with van der Waals surface area (Å²) in [6, 6.07) is -0.423. The average molecular weight is 373 g/mol. The summed E-state index contributed by atoms with van der Waals surface area (Å²) in [7, 11) is 0. The quantitative estimate of drug-likeness (QED) is 0.708. The maximum absolute atomic E-state index is 13.0. The predicted octanol–water partition coefficient (Wildman–Crippen LogP) is 0.977. The minimum Gasteiger partial charge on any atom is -0.339 e. The van der Waals surface area contributed by atoms with Gasteiger partial charge in [-0.15, -0.1) is 12.4 Å². The van der Waals surface area contributed by atoms with E-state index in [1.54, 1.807) is 4.90 Å². The van der Waals surface area contributed by atoms with Gasteiger partial charge in [-0.25, -0.2) is 4.79 Å². The SMILES string of the molecule is CC1CC(C)(C)CC2(C1)NC(=O)N(CC(=O)N1CCNCC1)C2=O.Cl. The lowest BCUT2D eigenvalue weighted by Crippen LogP contribution is -2.54. The van der Waals surface area contributed by atoms with Gasteiger partial charge in [-0.1, -0.05) is 20.8 Å². The Morgan fingerprint density at radius 1 is 1.20 bits per heavy atom. The van der Waals surface area contributed by atoms with Crippen LogP contribution >= 0.6 is 12.4 Å². The molecule has 25 heavy (non-hydrogen) atoms. The van der Waals surface area contributed by atoms with Crippen LogP contribution in [-0.4, -0.2) is 65.9 Å². The van der Waals surface area contributed by atoms with E-state index in [2.05, 4.69) is 31.4 Å². The third kappa shape index (κ3) is 3.92. The molecule has 4 amide bonds. The highest BCUT2D eigenvalue weighted by atomic mass is 35.5. The second-order valence-corrected chi connectivity index (χ2v) is 8.39. The number of nitrogens with zero attached hydrogens (tertiary/aromatic N) is 2. The molecule has 2 heterocycles. The van der Waals surface area contributed by atoms with Crippen molar-refractivity contribution in [3.05, 3.63) is 0 Å². The Balaban J connectivity index is 0.00000225. The summed E-state index contributed by atoms with van der Waals surface area (Å²) in [5, 5.41) is 6.11. The van der Waals surface area contributed by atoms with Crippen molar-refractivity contribution >= 4 is 30.3 Å². The molecule has 3 aliphatic rings. The van der Waals surface area contributed by atoms with Crippen LogP contribution in [0.25, 0.3) is 0 Å². The predicted molar refractivity (Wildman–Crippen MR) is 96.5 cm³/mol. The second kappa shape index (κ2) is 7.11. The summed E-state index contributed by atoms with van der Waals surface area (Å²) in [6.07, 6.45) is 2.32. The van der Waals surface area contributed by atoms with Crippen molar-refractivity contribution in [2.75, 3.05) is 32.7 Å². The first-order valence-corrected chi connectivity index (χ1v) is 8.85. The zero-order valence-corrected chi connectivity index (χ0v) is 16.1. The maximum atomic E-state index is 13.0.